The minimum Gasteiger partial charge on any atom is -0.481 e. The van der Waals surface area contributed by atoms with Crippen LogP contribution in [0.4, 0.5) is 11.6 Å². The van der Waals surface area contributed by atoms with Gasteiger partial charge in [-0.2, -0.15) is 0 Å². The Balaban J connectivity index is 2.70. The summed E-state index contributed by atoms with van der Waals surface area (Å²) >= 11 is 0. The van der Waals surface area contributed by atoms with Gasteiger partial charge in [0.15, 0.2) is 0 Å². The zero-order valence-corrected chi connectivity index (χ0v) is 12.0. The Morgan fingerprint density at radius 1 is 1.47 bits per heavy atom. The number of carbonyl (C=O) groups is 1. The van der Waals surface area contributed by atoms with Gasteiger partial charge in [-0.1, -0.05) is 6.92 Å². The van der Waals surface area contributed by atoms with Gasteiger partial charge in [0.2, 0.25) is 0 Å². The molecule has 0 atom stereocenters. The maximum Gasteiger partial charge on any atom is 0.310 e. The molecule has 0 saturated carbocycles. The van der Waals surface area contributed by atoms with Crippen molar-refractivity contribution in [1.82, 2.24) is 9.97 Å². The van der Waals surface area contributed by atoms with E-state index < -0.39 is 11.4 Å². The van der Waals surface area contributed by atoms with E-state index in [1.54, 1.807) is 13.8 Å². The summed E-state index contributed by atoms with van der Waals surface area (Å²) in [7, 11) is 1.97. The average Bonchev–Trinajstić information content (AvgIpc) is 2.37. The number of nitrogens with one attached hydrogen (secondary N) is 1. The van der Waals surface area contributed by atoms with Gasteiger partial charge in [0.1, 0.15) is 18.0 Å². The predicted octanol–water partition coefficient (Wildman–Crippen LogP) is 1.85. The molecule has 0 aliphatic heterocycles. The number of aromatic nitrogens is 2. The normalized spacial score (nSPS) is 11.2. The standard InChI is InChI=1S/C13H22N4O2/c1-5-6-17(4)11-7-10(15-9-16-11)14-8-13(2,3)12(18)19/h7,9H,5-6,8H2,1-4H3,(H,18,19)(H,14,15,16). The smallest absolute Gasteiger partial charge is 0.310 e. The van der Waals surface area contributed by atoms with Crippen molar-refractivity contribution >= 4 is 17.6 Å². The van der Waals surface area contributed by atoms with Crippen LogP contribution in [0.1, 0.15) is 27.2 Å². The first-order valence-corrected chi connectivity index (χ1v) is 6.37. The van der Waals surface area contributed by atoms with Crippen LogP contribution in [0.25, 0.3) is 0 Å². The highest BCUT2D eigenvalue weighted by molar-refractivity contribution is 5.74. The SMILES string of the molecule is CCCN(C)c1cc(NCC(C)(C)C(=O)O)ncn1. The Bertz CT molecular complexity index is 434. The molecule has 106 valence electrons. The molecule has 1 aromatic rings. The maximum absolute atomic E-state index is 11.0. The fourth-order valence-corrected chi connectivity index (χ4v) is 1.49. The molecule has 1 rings (SSSR count). The van der Waals surface area contributed by atoms with Crippen molar-refractivity contribution in [3.05, 3.63) is 12.4 Å². The van der Waals surface area contributed by atoms with Crippen LogP contribution in [0.2, 0.25) is 0 Å². The van der Waals surface area contributed by atoms with E-state index >= 15 is 0 Å². The van der Waals surface area contributed by atoms with Crippen molar-refractivity contribution in [3.8, 4) is 0 Å². The third kappa shape index (κ3) is 4.39. The largest absolute Gasteiger partial charge is 0.481 e. The van der Waals surface area contributed by atoms with E-state index in [1.807, 2.05) is 18.0 Å². The molecule has 0 aromatic carbocycles. The molecule has 6 nitrogen and oxygen atoms in total. The summed E-state index contributed by atoms with van der Waals surface area (Å²) in [5.41, 5.74) is -0.833. The molecule has 0 unspecified atom stereocenters. The van der Waals surface area contributed by atoms with Crippen LogP contribution in [0.15, 0.2) is 12.4 Å². The van der Waals surface area contributed by atoms with Gasteiger partial charge in [-0.05, 0) is 20.3 Å². The molecular formula is C13H22N4O2. The second kappa shape index (κ2) is 6.36. The average molecular weight is 266 g/mol. The first kappa shape index (κ1) is 15.2. The lowest BCUT2D eigenvalue weighted by Gasteiger charge is -2.21. The third-order valence-electron chi connectivity index (χ3n) is 2.89. The van der Waals surface area contributed by atoms with Gasteiger partial charge >= 0.3 is 5.97 Å². The van der Waals surface area contributed by atoms with Crippen LogP contribution >= 0.6 is 0 Å². The second-order valence-corrected chi connectivity index (χ2v) is 5.23. The summed E-state index contributed by atoms with van der Waals surface area (Å²) in [6.07, 6.45) is 2.52. The molecule has 0 saturated heterocycles. The van der Waals surface area contributed by atoms with Crippen molar-refractivity contribution in [3.63, 3.8) is 0 Å². The minimum atomic E-state index is -0.836. The van der Waals surface area contributed by atoms with E-state index in [0.29, 0.717) is 12.4 Å². The first-order chi connectivity index (χ1) is 8.86. The first-order valence-electron chi connectivity index (χ1n) is 6.37. The van der Waals surface area contributed by atoms with Gasteiger partial charge in [-0.25, -0.2) is 9.97 Å². The van der Waals surface area contributed by atoms with Crippen LogP contribution in [-0.4, -0.2) is 41.2 Å². The Labute approximate surface area is 113 Å². The molecule has 6 heteroatoms. The van der Waals surface area contributed by atoms with E-state index in [-0.39, 0.29) is 0 Å². The summed E-state index contributed by atoms with van der Waals surface area (Å²) < 4.78 is 0. The number of hydrogen-bond acceptors (Lipinski definition) is 5. The number of rotatable bonds is 7. The highest BCUT2D eigenvalue weighted by Crippen LogP contribution is 2.18. The summed E-state index contributed by atoms with van der Waals surface area (Å²) in [5, 5.41) is 12.1. The van der Waals surface area contributed by atoms with Crippen LogP contribution in [0.3, 0.4) is 0 Å². The van der Waals surface area contributed by atoms with Crippen molar-refractivity contribution in [2.24, 2.45) is 5.41 Å². The molecule has 0 fully saturated rings. The zero-order valence-electron chi connectivity index (χ0n) is 12.0. The number of hydrogen-bond donors (Lipinski definition) is 2. The summed E-state index contributed by atoms with van der Waals surface area (Å²) in [4.78, 5) is 21.4. The highest BCUT2D eigenvalue weighted by Gasteiger charge is 2.26. The monoisotopic (exact) mass is 266 g/mol. The van der Waals surface area contributed by atoms with Crippen LogP contribution in [-0.2, 0) is 4.79 Å². The summed E-state index contributed by atoms with van der Waals surface area (Å²) in [6, 6.07) is 1.83. The predicted molar refractivity (Wildman–Crippen MR) is 75.5 cm³/mol. The highest BCUT2D eigenvalue weighted by atomic mass is 16.4. The lowest BCUT2D eigenvalue weighted by molar-refractivity contribution is -0.146. The van der Waals surface area contributed by atoms with E-state index in [2.05, 4.69) is 22.2 Å². The molecule has 19 heavy (non-hydrogen) atoms. The number of carboxylic acid groups (broad SMARTS) is 1. The van der Waals surface area contributed by atoms with Gasteiger partial charge in [0, 0.05) is 26.2 Å². The quantitative estimate of drug-likeness (QED) is 0.784. The van der Waals surface area contributed by atoms with Gasteiger partial charge in [-0.15, -0.1) is 0 Å². The van der Waals surface area contributed by atoms with Crippen molar-refractivity contribution in [1.29, 1.82) is 0 Å². The van der Waals surface area contributed by atoms with Crippen molar-refractivity contribution < 1.29 is 9.90 Å². The fraction of sp³-hybridized carbons (Fsp3) is 0.615. The number of aliphatic carboxylic acids is 1. The molecule has 1 aromatic heterocycles. The van der Waals surface area contributed by atoms with Gasteiger partial charge in [0.25, 0.3) is 0 Å². The lowest BCUT2D eigenvalue weighted by atomic mass is 9.94. The summed E-state index contributed by atoms with van der Waals surface area (Å²) in [5.74, 6) is 0.632. The van der Waals surface area contributed by atoms with Crippen molar-refractivity contribution in [2.45, 2.75) is 27.2 Å². The van der Waals surface area contributed by atoms with Crippen LogP contribution < -0.4 is 10.2 Å². The van der Waals surface area contributed by atoms with E-state index in [0.717, 1.165) is 18.8 Å². The molecule has 0 aliphatic rings. The van der Waals surface area contributed by atoms with E-state index in [9.17, 15) is 4.79 Å². The molecule has 0 radical (unpaired) electrons. The molecule has 0 spiro atoms. The van der Waals surface area contributed by atoms with Gasteiger partial charge in [0.05, 0.1) is 5.41 Å². The zero-order chi connectivity index (χ0) is 14.5. The van der Waals surface area contributed by atoms with Gasteiger partial charge in [-0.3, -0.25) is 4.79 Å². The second-order valence-electron chi connectivity index (χ2n) is 5.23. The fourth-order valence-electron chi connectivity index (χ4n) is 1.49. The molecular weight excluding hydrogens is 244 g/mol. The van der Waals surface area contributed by atoms with E-state index in [4.69, 9.17) is 5.11 Å². The van der Waals surface area contributed by atoms with Crippen LogP contribution in [0.5, 0.6) is 0 Å². The molecule has 1 heterocycles. The molecule has 0 amide bonds. The summed E-state index contributed by atoms with van der Waals surface area (Å²) in [6.45, 7) is 6.68. The number of nitrogens with zero attached hydrogens (tertiary/aromatic N) is 3. The Morgan fingerprint density at radius 2 is 2.16 bits per heavy atom. The number of carboxylic acids is 1. The molecule has 2 N–H and O–H groups in total. The topological polar surface area (TPSA) is 78.4 Å². The van der Waals surface area contributed by atoms with Crippen LogP contribution in [0, 0.1) is 5.41 Å². The van der Waals surface area contributed by atoms with Crippen molar-refractivity contribution in [2.75, 3.05) is 30.4 Å². The third-order valence-corrected chi connectivity index (χ3v) is 2.89. The Hall–Kier alpha value is -1.85. The Morgan fingerprint density at radius 3 is 2.74 bits per heavy atom. The maximum atomic E-state index is 11.0. The van der Waals surface area contributed by atoms with E-state index in [1.165, 1.54) is 6.33 Å². The molecule has 0 aliphatic carbocycles. The minimum absolute atomic E-state index is 0.316. The van der Waals surface area contributed by atoms with Gasteiger partial charge < -0.3 is 15.3 Å². The number of anilines is 2. The Kier molecular flexibility index (Phi) is 5.09. The lowest BCUT2D eigenvalue weighted by Crippen LogP contribution is -2.32. The molecule has 0 bridgehead atoms.